The van der Waals surface area contributed by atoms with Gasteiger partial charge < -0.3 is 10.2 Å². The predicted molar refractivity (Wildman–Crippen MR) is 60.0 cm³/mol. The molecular formula is C11H16N4O. The minimum atomic E-state index is -0.101. The van der Waals surface area contributed by atoms with Gasteiger partial charge in [-0.3, -0.25) is 0 Å². The quantitative estimate of drug-likeness (QED) is 0.849. The average Bonchev–Trinajstić information content (AvgIpc) is 2.78. The second-order valence-corrected chi connectivity index (χ2v) is 3.97. The second-order valence-electron chi connectivity index (χ2n) is 3.97. The van der Waals surface area contributed by atoms with Crippen LogP contribution in [0.15, 0.2) is 22.8 Å². The Morgan fingerprint density at radius 3 is 2.62 bits per heavy atom. The molecule has 2 rings (SSSR count). The Hall–Kier alpha value is -1.62. The van der Waals surface area contributed by atoms with Crippen LogP contribution in [0.5, 0.6) is 0 Å². The van der Waals surface area contributed by atoms with Crippen molar-refractivity contribution in [2.75, 3.05) is 0 Å². The molecule has 0 aliphatic carbocycles. The summed E-state index contributed by atoms with van der Waals surface area (Å²) in [5, 5.41) is 4.35. The smallest absolute Gasteiger partial charge is 0.147 e. The Kier molecular flexibility index (Phi) is 2.78. The van der Waals surface area contributed by atoms with Crippen molar-refractivity contribution in [2.24, 2.45) is 5.73 Å². The summed E-state index contributed by atoms with van der Waals surface area (Å²) in [7, 11) is 0. The summed E-state index contributed by atoms with van der Waals surface area (Å²) in [6, 6.07) is 3.57. The van der Waals surface area contributed by atoms with Crippen molar-refractivity contribution >= 4 is 0 Å². The molecule has 0 bridgehead atoms. The van der Waals surface area contributed by atoms with Crippen molar-refractivity contribution in [1.29, 1.82) is 0 Å². The van der Waals surface area contributed by atoms with Gasteiger partial charge in [0.2, 0.25) is 0 Å². The minimum absolute atomic E-state index is 0.0917. The lowest BCUT2D eigenvalue weighted by Gasteiger charge is -2.19. The van der Waals surface area contributed by atoms with Crippen molar-refractivity contribution < 1.29 is 4.42 Å². The lowest BCUT2D eigenvalue weighted by Crippen LogP contribution is -2.31. The Morgan fingerprint density at radius 2 is 2.19 bits per heavy atom. The molecular weight excluding hydrogens is 204 g/mol. The molecule has 2 heterocycles. The van der Waals surface area contributed by atoms with Gasteiger partial charge in [-0.2, -0.15) is 5.10 Å². The van der Waals surface area contributed by atoms with Crippen molar-refractivity contribution in [3.63, 3.8) is 0 Å². The molecule has 0 radical (unpaired) electrons. The summed E-state index contributed by atoms with van der Waals surface area (Å²) in [5.41, 5.74) is 5.99. The first kappa shape index (κ1) is 10.9. The summed E-state index contributed by atoms with van der Waals surface area (Å²) >= 11 is 0. The molecule has 0 spiro atoms. The summed E-state index contributed by atoms with van der Waals surface area (Å²) < 4.78 is 7.23. The molecule has 5 heteroatoms. The Morgan fingerprint density at radius 1 is 1.44 bits per heavy atom. The maximum absolute atomic E-state index is 5.99. The topological polar surface area (TPSA) is 69.9 Å². The highest BCUT2D eigenvalue weighted by atomic mass is 16.3. The van der Waals surface area contributed by atoms with Gasteiger partial charge in [0.1, 0.15) is 23.5 Å². The predicted octanol–water partition coefficient (Wildman–Crippen LogP) is 1.42. The largest absolute Gasteiger partial charge is 0.467 e. The van der Waals surface area contributed by atoms with Crippen molar-refractivity contribution in [1.82, 2.24) is 14.8 Å². The first-order chi connectivity index (χ1) is 7.59. The third-order valence-electron chi connectivity index (χ3n) is 2.50. The maximum atomic E-state index is 5.99. The Balaban J connectivity index is 2.45. The van der Waals surface area contributed by atoms with E-state index in [0.29, 0.717) is 0 Å². The van der Waals surface area contributed by atoms with Crippen LogP contribution in [0.4, 0.5) is 0 Å². The van der Waals surface area contributed by atoms with Crippen LogP contribution in [-0.4, -0.2) is 20.8 Å². The van der Waals surface area contributed by atoms with E-state index in [1.54, 1.807) is 6.26 Å². The summed E-state index contributed by atoms with van der Waals surface area (Å²) in [6.07, 6.45) is 1.64. The fourth-order valence-corrected chi connectivity index (χ4v) is 1.86. The van der Waals surface area contributed by atoms with Crippen molar-refractivity contribution in [3.8, 4) is 0 Å². The lowest BCUT2D eigenvalue weighted by molar-refractivity contribution is 0.362. The van der Waals surface area contributed by atoms with E-state index < -0.39 is 0 Å². The Bertz CT molecular complexity index is 458. The van der Waals surface area contributed by atoms with Gasteiger partial charge in [-0.25, -0.2) is 9.67 Å². The van der Waals surface area contributed by atoms with Gasteiger partial charge in [-0.1, -0.05) is 0 Å². The number of hydrogen-bond acceptors (Lipinski definition) is 4. The monoisotopic (exact) mass is 220 g/mol. The molecule has 86 valence electrons. The zero-order chi connectivity index (χ0) is 11.7. The summed E-state index contributed by atoms with van der Waals surface area (Å²) in [4.78, 5) is 4.28. The molecule has 16 heavy (non-hydrogen) atoms. The van der Waals surface area contributed by atoms with Gasteiger partial charge in [-0.05, 0) is 32.9 Å². The molecule has 2 unspecified atom stereocenters. The molecule has 2 aromatic rings. The molecule has 0 saturated carbocycles. The average molecular weight is 220 g/mol. The number of hydrogen-bond donors (Lipinski definition) is 1. The third kappa shape index (κ3) is 1.86. The molecule has 5 nitrogen and oxygen atoms in total. The van der Waals surface area contributed by atoms with Crippen LogP contribution < -0.4 is 5.73 Å². The van der Waals surface area contributed by atoms with Crippen LogP contribution >= 0.6 is 0 Å². The lowest BCUT2D eigenvalue weighted by atomic mass is 10.1. The highest BCUT2D eigenvalue weighted by molar-refractivity contribution is 5.10. The van der Waals surface area contributed by atoms with Gasteiger partial charge in [-0.15, -0.1) is 0 Å². The number of nitrogens with zero attached hydrogens (tertiary/aromatic N) is 3. The van der Waals surface area contributed by atoms with Crippen molar-refractivity contribution in [3.05, 3.63) is 35.8 Å². The number of nitrogens with two attached hydrogens (primary N) is 1. The van der Waals surface area contributed by atoms with Gasteiger partial charge in [0.05, 0.1) is 6.26 Å². The highest BCUT2D eigenvalue weighted by Gasteiger charge is 2.23. The number of furan rings is 1. The third-order valence-corrected chi connectivity index (χ3v) is 2.50. The molecule has 0 aliphatic heterocycles. The molecule has 0 saturated heterocycles. The van der Waals surface area contributed by atoms with Gasteiger partial charge in [0, 0.05) is 6.04 Å². The minimum Gasteiger partial charge on any atom is -0.467 e. The van der Waals surface area contributed by atoms with Crippen LogP contribution in [0.2, 0.25) is 0 Å². The molecule has 0 aliphatic rings. The van der Waals surface area contributed by atoms with E-state index in [1.165, 1.54) is 0 Å². The summed E-state index contributed by atoms with van der Waals surface area (Å²) in [5.74, 6) is 2.40. The normalized spacial score (nSPS) is 15.0. The van der Waals surface area contributed by atoms with Crippen LogP contribution in [0.25, 0.3) is 0 Å². The first-order valence-electron chi connectivity index (χ1n) is 5.28. The van der Waals surface area contributed by atoms with Gasteiger partial charge in [0.15, 0.2) is 0 Å². The molecule has 2 N–H and O–H groups in total. The van der Waals surface area contributed by atoms with E-state index in [9.17, 15) is 0 Å². The Labute approximate surface area is 94.3 Å². The van der Waals surface area contributed by atoms with Crippen molar-refractivity contribution in [2.45, 2.75) is 32.9 Å². The highest BCUT2D eigenvalue weighted by Crippen LogP contribution is 2.22. The van der Waals surface area contributed by atoms with E-state index in [1.807, 2.05) is 37.6 Å². The molecule has 0 amide bonds. The first-order valence-corrected chi connectivity index (χ1v) is 5.28. The maximum Gasteiger partial charge on any atom is 0.147 e. The SMILES string of the molecule is Cc1nc(C)n(C(c2ccco2)C(C)N)n1. The molecule has 2 atom stereocenters. The number of rotatable bonds is 3. The van der Waals surface area contributed by atoms with Crippen LogP contribution in [0.3, 0.4) is 0 Å². The fourth-order valence-electron chi connectivity index (χ4n) is 1.86. The standard InChI is InChI=1S/C11H16N4O/c1-7(12)11(10-5-4-6-16-10)15-9(3)13-8(2)14-15/h4-7,11H,12H2,1-3H3. The molecule has 0 fully saturated rings. The van der Waals surface area contributed by atoms with Gasteiger partial charge in [0.25, 0.3) is 0 Å². The summed E-state index contributed by atoms with van der Waals surface area (Å²) in [6.45, 7) is 5.71. The van der Waals surface area contributed by atoms with Crippen LogP contribution in [-0.2, 0) is 0 Å². The van der Waals surface area contributed by atoms with Gasteiger partial charge >= 0.3 is 0 Å². The molecule has 2 aromatic heterocycles. The van der Waals surface area contributed by atoms with Crippen LogP contribution in [0, 0.1) is 13.8 Å². The van der Waals surface area contributed by atoms with E-state index in [0.717, 1.165) is 17.4 Å². The number of aromatic nitrogens is 3. The second kappa shape index (κ2) is 4.09. The van der Waals surface area contributed by atoms with E-state index >= 15 is 0 Å². The zero-order valence-electron chi connectivity index (χ0n) is 9.71. The number of aryl methyl sites for hydroxylation is 2. The zero-order valence-corrected chi connectivity index (χ0v) is 9.71. The van der Waals surface area contributed by atoms with E-state index in [4.69, 9.17) is 10.2 Å². The fraction of sp³-hybridized carbons (Fsp3) is 0.455. The van der Waals surface area contributed by atoms with E-state index in [2.05, 4.69) is 10.1 Å². The van der Waals surface area contributed by atoms with E-state index in [-0.39, 0.29) is 12.1 Å². The van der Waals surface area contributed by atoms with Crippen LogP contribution in [0.1, 0.15) is 30.4 Å². The molecule has 0 aromatic carbocycles.